The maximum absolute atomic E-state index is 12.6. The van der Waals surface area contributed by atoms with Crippen LogP contribution in [0, 0.1) is 0 Å². The molecule has 0 saturated carbocycles. The fraction of sp³-hybridized carbons (Fsp3) is 0.919. The number of phosphoric ester groups is 1. The molecule has 1 unspecified atom stereocenters. The normalized spacial score (nSPS) is 13.6. The minimum Gasteiger partial charge on any atom is -0.756 e. The molecule has 0 aliphatic heterocycles. The summed E-state index contributed by atoms with van der Waals surface area (Å²) in [5.74, 6) is -1.61. The Hall–Kier alpha value is -1.52. The highest BCUT2D eigenvalue weighted by molar-refractivity contribution is 7.45. The summed E-state index contributed by atoms with van der Waals surface area (Å²) in [6.45, 7) is 1.88. The molecule has 11 nitrogen and oxygen atoms in total. The van der Waals surface area contributed by atoms with Crippen LogP contribution in [0.3, 0.4) is 0 Å². The van der Waals surface area contributed by atoms with Crippen molar-refractivity contribution in [2.75, 3.05) is 47.5 Å². The van der Waals surface area contributed by atoms with E-state index in [4.69, 9.17) is 23.6 Å². The van der Waals surface area contributed by atoms with Crippen molar-refractivity contribution in [1.29, 1.82) is 0 Å². The predicted octanol–water partition coefficient (Wildman–Crippen LogP) is 8.51. The summed E-state index contributed by atoms with van der Waals surface area (Å²) < 4.78 is 33.6. The van der Waals surface area contributed by atoms with Crippen molar-refractivity contribution >= 4 is 25.7 Å². The average molecular weight is 722 g/mol. The van der Waals surface area contributed by atoms with E-state index < -0.39 is 38.4 Å². The zero-order valence-corrected chi connectivity index (χ0v) is 32.5. The number of aliphatic carboxylic acids is 1. The van der Waals surface area contributed by atoms with Crippen LogP contribution in [0.5, 0.6) is 0 Å². The number of rotatable bonds is 36. The average Bonchev–Trinajstić information content (AvgIpc) is 3.02. The zero-order chi connectivity index (χ0) is 36.6. The van der Waals surface area contributed by atoms with Crippen LogP contribution >= 0.6 is 7.82 Å². The number of hydrogen-bond acceptors (Lipinski definition) is 9. The van der Waals surface area contributed by atoms with E-state index in [0.29, 0.717) is 17.4 Å². The molecule has 0 aliphatic carbocycles. The molecule has 49 heavy (non-hydrogen) atoms. The SMILES string of the molecule is CCCCCCCCCCCCCC(=O)OC[C@H](COP(=O)([O-])OCC[N+](C)(C)C)OC(=O)CCCCCCCCCCCCCC(=O)O. The third-order valence-electron chi connectivity index (χ3n) is 8.41. The number of carbonyl (C=O) groups is 3. The Morgan fingerprint density at radius 3 is 1.45 bits per heavy atom. The van der Waals surface area contributed by atoms with Crippen molar-refractivity contribution in [3.8, 4) is 0 Å². The lowest BCUT2D eigenvalue weighted by Crippen LogP contribution is -2.37. The van der Waals surface area contributed by atoms with Crippen molar-refractivity contribution in [2.45, 2.75) is 174 Å². The molecule has 0 heterocycles. The van der Waals surface area contributed by atoms with E-state index in [1.165, 1.54) is 51.4 Å². The molecule has 0 aromatic heterocycles. The van der Waals surface area contributed by atoms with Gasteiger partial charge in [-0.3, -0.25) is 18.9 Å². The van der Waals surface area contributed by atoms with Crippen LogP contribution in [0.4, 0.5) is 0 Å². The van der Waals surface area contributed by atoms with Gasteiger partial charge in [0.05, 0.1) is 27.7 Å². The van der Waals surface area contributed by atoms with Gasteiger partial charge >= 0.3 is 17.9 Å². The topological polar surface area (TPSA) is 148 Å². The van der Waals surface area contributed by atoms with Crippen LogP contribution in [0.15, 0.2) is 0 Å². The van der Waals surface area contributed by atoms with Gasteiger partial charge in [0.2, 0.25) is 0 Å². The minimum absolute atomic E-state index is 0.0444. The first-order valence-corrected chi connectivity index (χ1v) is 20.8. The number of ether oxygens (including phenoxy) is 2. The fourth-order valence-corrected chi connectivity index (χ4v) is 6.06. The van der Waals surface area contributed by atoms with Crippen molar-refractivity contribution < 1.29 is 52.0 Å². The third kappa shape index (κ3) is 36.1. The van der Waals surface area contributed by atoms with Gasteiger partial charge in [0, 0.05) is 19.3 Å². The number of nitrogens with zero attached hydrogens (tertiary/aromatic N) is 1. The van der Waals surface area contributed by atoms with Crippen molar-refractivity contribution in [3.05, 3.63) is 0 Å². The van der Waals surface area contributed by atoms with Gasteiger partial charge in [-0.1, -0.05) is 129 Å². The number of carboxylic acid groups (broad SMARTS) is 1. The van der Waals surface area contributed by atoms with E-state index >= 15 is 0 Å². The van der Waals surface area contributed by atoms with Gasteiger partial charge in [-0.05, 0) is 19.3 Å². The Labute approximate surface area is 298 Å². The number of phosphoric acid groups is 1. The van der Waals surface area contributed by atoms with Crippen LogP contribution in [0.25, 0.3) is 0 Å². The molecule has 1 N–H and O–H groups in total. The van der Waals surface area contributed by atoms with Gasteiger partial charge in [0.1, 0.15) is 19.8 Å². The molecule has 290 valence electrons. The van der Waals surface area contributed by atoms with Crippen molar-refractivity contribution in [3.63, 3.8) is 0 Å². The lowest BCUT2D eigenvalue weighted by Gasteiger charge is -2.28. The quantitative estimate of drug-likeness (QED) is 0.0289. The first-order chi connectivity index (χ1) is 23.3. The Kier molecular flexibility index (Phi) is 30.3. The molecule has 0 aromatic carbocycles. The highest BCUT2D eigenvalue weighted by atomic mass is 31.2. The number of quaternary nitrogens is 1. The van der Waals surface area contributed by atoms with Gasteiger partial charge in [0.15, 0.2) is 6.10 Å². The maximum atomic E-state index is 12.6. The van der Waals surface area contributed by atoms with Crippen LogP contribution in [-0.4, -0.2) is 81.1 Å². The van der Waals surface area contributed by atoms with Crippen LogP contribution < -0.4 is 4.89 Å². The Bertz CT molecular complexity index is 880. The lowest BCUT2D eigenvalue weighted by atomic mass is 10.0. The van der Waals surface area contributed by atoms with Crippen LogP contribution in [0.1, 0.15) is 167 Å². The molecule has 0 radical (unpaired) electrons. The number of carbonyl (C=O) groups excluding carboxylic acids is 2. The molecule has 0 spiro atoms. The molecule has 12 heteroatoms. The number of esters is 2. The first kappa shape index (κ1) is 47.5. The van der Waals surface area contributed by atoms with Gasteiger partial charge in [0.25, 0.3) is 7.82 Å². The molecular formula is C37H72NO10P. The first-order valence-electron chi connectivity index (χ1n) is 19.3. The molecule has 0 saturated heterocycles. The molecule has 2 atom stereocenters. The molecule has 0 aromatic rings. The standard InChI is InChI=1S/C37H72NO10P/c1-5-6-7-8-9-10-12-16-19-22-25-28-36(41)45-32-34(33-47-49(43,44)46-31-30-38(2,3)4)48-37(42)29-26-23-20-17-14-11-13-15-18-21-24-27-35(39)40/h34H,5-33H2,1-4H3,(H-,39,40,43,44)/t34-/m1/s1. The van der Waals surface area contributed by atoms with Crippen molar-refractivity contribution in [1.82, 2.24) is 0 Å². The second-order valence-electron chi connectivity index (χ2n) is 14.5. The summed E-state index contributed by atoms with van der Waals surface area (Å²) in [4.78, 5) is 47.8. The fourth-order valence-electron chi connectivity index (χ4n) is 5.33. The number of likely N-dealkylation sites (N-methyl/N-ethyl adjacent to an activating group) is 1. The van der Waals surface area contributed by atoms with E-state index in [1.54, 1.807) is 0 Å². The Morgan fingerprint density at radius 2 is 1.02 bits per heavy atom. The smallest absolute Gasteiger partial charge is 0.306 e. The zero-order valence-electron chi connectivity index (χ0n) is 31.6. The van der Waals surface area contributed by atoms with Gasteiger partial charge in [-0.2, -0.15) is 0 Å². The maximum Gasteiger partial charge on any atom is 0.306 e. The van der Waals surface area contributed by atoms with E-state index in [-0.39, 0.29) is 32.5 Å². The molecule has 0 aliphatic rings. The highest BCUT2D eigenvalue weighted by Crippen LogP contribution is 2.38. The number of carboxylic acids is 1. The summed E-state index contributed by atoms with van der Waals surface area (Å²) in [5, 5.41) is 8.67. The van der Waals surface area contributed by atoms with Gasteiger partial charge in [-0.25, -0.2) is 0 Å². The summed E-state index contributed by atoms with van der Waals surface area (Å²) in [6.07, 6.45) is 23.6. The number of unbranched alkanes of at least 4 members (excludes halogenated alkanes) is 20. The molecule has 0 amide bonds. The van der Waals surface area contributed by atoms with E-state index in [0.717, 1.165) is 83.5 Å². The third-order valence-corrected chi connectivity index (χ3v) is 9.38. The van der Waals surface area contributed by atoms with Crippen LogP contribution in [-0.2, 0) is 37.5 Å². The van der Waals surface area contributed by atoms with Crippen LogP contribution in [0.2, 0.25) is 0 Å². The summed E-state index contributed by atoms with van der Waals surface area (Å²) >= 11 is 0. The largest absolute Gasteiger partial charge is 0.756 e. The summed E-state index contributed by atoms with van der Waals surface area (Å²) in [7, 11) is 1.11. The Morgan fingerprint density at radius 1 is 0.612 bits per heavy atom. The molecule has 0 rings (SSSR count). The molecule has 0 fully saturated rings. The molecule has 0 bridgehead atoms. The highest BCUT2D eigenvalue weighted by Gasteiger charge is 2.21. The predicted molar refractivity (Wildman–Crippen MR) is 192 cm³/mol. The van der Waals surface area contributed by atoms with Crippen molar-refractivity contribution in [2.24, 2.45) is 0 Å². The van der Waals surface area contributed by atoms with E-state index in [9.17, 15) is 23.8 Å². The second-order valence-corrected chi connectivity index (χ2v) is 15.9. The monoisotopic (exact) mass is 721 g/mol. The minimum atomic E-state index is -4.63. The second kappa shape index (κ2) is 31.2. The van der Waals surface area contributed by atoms with Gasteiger partial charge < -0.3 is 33.0 Å². The van der Waals surface area contributed by atoms with E-state index in [1.807, 2.05) is 21.1 Å². The summed E-state index contributed by atoms with van der Waals surface area (Å²) in [6, 6.07) is 0. The Balaban J connectivity index is 4.39. The van der Waals surface area contributed by atoms with E-state index in [2.05, 4.69) is 6.92 Å². The molecular weight excluding hydrogens is 649 g/mol. The summed E-state index contributed by atoms with van der Waals surface area (Å²) in [5.41, 5.74) is 0. The lowest BCUT2D eigenvalue weighted by molar-refractivity contribution is -0.870. The number of hydrogen-bond donors (Lipinski definition) is 1. The van der Waals surface area contributed by atoms with Gasteiger partial charge in [-0.15, -0.1) is 0 Å².